The Balaban J connectivity index is 2.17. The lowest BCUT2D eigenvalue weighted by Crippen LogP contribution is -2.46. The van der Waals surface area contributed by atoms with E-state index in [0.717, 1.165) is 26.1 Å². The summed E-state index contributed by atoms with van der Waals surface area (Å²) < 4.78 is 0. The minimum atomic E-state index is -0.158. The second-order valence-electron chi connectivity index (χ2n) is 4.73. The summed E-state index contributed by atoms with van der Waals surface area (Å²) in [4.78, 5) is 2.48. The van der Waals surface area contributed by atoms with Crippen LogP contribution in [0.4, 0.5) is 0 Å². The SMILES string of the molecule is CCCNC1CCCN(CCC(C)O)C1. The summed E-state index contributed by atoms with van der Waals surface area (Å²) in [5, 5.41) is 12.8. The fourth-order valence-corrected chi connectivity index (χ4v) is 2.14. The second-order valence-corrected chi connectivity index (χ2v) is 4.73. The van der Waals surface area contributed by atoms with Gasteiger partial charge in [-0.15, -0.1) is 0 Å². The highest BCUT2D eigenvalue weighted by Gasteiger charge is 2.18. The Bertz CT molecular complexity index is 162. The van der Waals surface area contributed by atoms with Crippen molar-refractivity contribution in [1.29, 1.82) is 0 Å². The molecule has 0 aliphatic carbocycles. The quantitative estimate of drug-likeness (QED) is 0.698. The fraction of sp³-hybridized carbons (Fsp3) is 1.00. The Hall–Kier alpha value is -0.120. The molecule has 1 heterocycles. The molecule has 0 aromatic carbocycles. The van der Waals surface area contributed by atoms with Crippen molar-refractivity contribution >= 4 is 0 Å². The predicted octanol–water partition coefficient (Wildman–Crippen LogP) is 1.22. The van der Waals surface area contributed by atoms with Crippen LogP contribution in [0.3, 0.4) is 0 Å². The zero-order chi connectivity index (χ0) is 11.1. The molecular formula is C12H26N2O. The summed E-state index contributed by atoms with van der Waals surface area (Å²) in [6.07, 6.45) is 4.56. The van der Waals surface area contributed by atoms with Crippen molar-refractivity contribution in [3.8, 4) is 0 Å². The van der Waals surface area contributed by atoms with Gasteiger partial charge in [-0.3, -0.25) is 0 Å². The first-order chi connectivity index (χ1) is 7.22. The first-order valence-corrected chi connectivity index (χ1v) is 6.36. The topological polar surface area (TPSA) is 35.5 Å². The molecule has 2 N–H and O–H groups in total. The van der Waals surface area contributed by atoms with E-state index in [1.54, 1.807) is 0 Å². The Morgan fingerprint density at radius 1 is 1.53 bits per heavy atom. The minimum absolute atomic E-state index is 0.158. The Kier molecular flexibility index (Phi) is 6.22. The Morgan fingerprint density at radius 3 is 3.00 bits per heavy atom. The fourth-order valence-electron chi connectivity index (χ4n) is 2.14. The van der Waals surface area contributed by atoms with Gasteiger partial charge in [-0.05, 0) is 45.7 Å². The molecule has 0 saturated carbocycles. The van der Waals surface area contributed by atoms with E-state index >= 15 is 0 Å². The van der Waals surface area contributed by atoms with E-state index in [9.17, 15) is 5.11 Å². The largest absolute Gasteiger partial charge is 0.393 e. The molecule has 1 saturated heterocycles. The molecule has 0 aromatic heterocycles. The molecule has 1 aliphatic rings. The van der Waals surface area contributed by atoms with Crippen LogP contribution >= 0.6 is 0 Å². The van der Waals surface area contributed by atoms with Gasteiger partial charge in [0, 0.05) is 19.1 Å². The summed E-state index contributed by atoms with van der Waals surface area (Å²) in [6, 6.07) is 0.674. The van der Waals surface area contributed by atoms with Crippen molar-refractivity contribution in [3.63, 3.8) is 0 Å². The van der Waals surface area contributed by atoms with Gasteiger partial charge in [0.15, 0.2) is 0 Å². The van der Waals surface area contributed by atoms with Gasteiger partial charge in [0.2, 0.25) is 0 Å². The van der Waals surface area contributed by atoms with Crippen LogP contribution in [0.5, 0.6) is 0 Å². The zero-order valence-electron chi connectivity index (χ0n) is 10.2. The summed E-state index contributed by atoms with van der Waals surface area (Å²) >= 11 is 0. The summed E-state index contributed by atoms with van der Waals surface area (Å²) in [7, 11) is 0. The first kappa shape index (κ1) is 12.9. The third-order valence-electron chi connectivity index (χ3n) is 3.05. The molecular weight excluding hydrogens is 188 g/mol. The van der Waals surface area contributed by atoms with Crippen molar-refractivity contribution in [3.05, 3.63) is 0 Å². The number of piperidine rings is 1. The number of hydrogen-bond acceptors (Lipinski definition) is 3. The van der Waals surface area contributed by atoms with Gasteiger partial charge in [-0.25, -0.2) is 0 Å². The highest BCUT2D eigenvalue weighted by Crippen LogP contribution is 2.10. The molecule has 2 atom stereocenters. The number of hydrogen-bond donors (Lipinski definition) is 2. The Labute approximate surface area is 93.9 Å². The number of aliphatic hydroxyl groups is 1. The molecule has 1 rings (SSSR count). The van der Waals surface area contributed by atoms with Gasteiger partial charge in [0.1, 0.15) is 0 Å². The van der Waals surface area contributed by atoms with E-state index in [1.807, 2.05) is 6.92 Å². The maximum absolute atomic E-state index is 9.25. The molecule has 3 nitrogen and oxygen atoms in total. The number of rotatable bonds is 6. The van der Waals surface area contributed by atoms with Crippen molar-refractivity contribution in [2.45, 2.75) is 51.7 Å². The molecule has 0 aromatic rings. The lowest BCUT2D eigenvalue weighted by atomic mass is 10.1. The van der Waals surface area contributed by atoms with Crippen LogP contribution in [0, 0.1) is 0 Å². The molecule has 90 valence electrons. The van der Waals surface area contributed by atoms with E-state index < -0.39 is 0 Å². The van der Waals surface area contributed by atoms with E-state index in [4.69, 9.17) is 0 Å². The molecule has 0 radical (unpaired) electrons. The van der Waals surface area contributed by atoms with E-state index in [0.29, 0.717) is 6.04 Å². The summed E-state index contributed by atoms with van der Waals surface area (Å²) in [5.74, 6) is 0. The summed E-state index contributed by atoms with van der Waals surface area (Å²) in [5.41, 5.74) is 0. The van der Waals surface area contributed by atoms with Gasteiger partial charge in [-0.2, -0.15) is 0 Å². The molecule has 15 heavy (non-hydrogen) atoms. The lowest BCUT2D eigenvalue weighted by Gasteiger charge is -2.33. The van der Waals surface area contributed by atoms with Gasteiger partial charge < -0.3 is 15.3 Å². The van der Waals surface area contributed by atoms with Gasteiger partial charge in [-0.1, -0.05) is 6.92 Å². The normalized spacial score (nSPS) is 25.4. The van der Waals surface area contributed by atoms with Crippen molar-refractivity contribution in [2.24, 2.45) is 0 Å². The Morgan fingerprint density at radius 2 is 2.33 bits per heavy atom. The first-order valence-electron chi connectivity index (χ1n) is 6.36. The van der Waals surface area contributed by atoms with Crippen molar-refractivity contribution in [2.75, 3.05) is 26.2 Å². The lowest BCUT2D eigenvalue weighted by molar-refractivity contribution is 0.135. The predicted molar refractivity (Wildman–Crippen MR) is 64.1 cm³/mol. The molecule has 0 amide bonds. The number of likely N-dealkylation sites (tertiary alicyclic amines) is 1. The van der Waals surface area contributed by atoms with Crippen LogP contribution in [-0.2, 0) is 0 Å². The minimum Gasteiger partial charge on any atom is -0.393 e. The monoisotopic (exact) mass is 214 g/mol. The van der Waals surface area contributed by atoms with Crippen LogP contribution in [0.25, 0.3) is 0 Å². The highest BCUT2D eigenvalue weighted by atomic mass is 16.3. The third kappa shape index (κ3) is 5.50. The smallest absolute Gasteiger partial charge is 0.0524 e. The van der Waals surface area contributed by atoms with Crippen LogP contribution in [0.2, 0.25) is 0 Å². The standard InChI is InChI=1S/C12H26N2O/c1-3-7-13-12-5-4-8-14(10-12)9-6-11(2)15/h11-13,15H,3-10H2,1-2H3. The average Bonchev–Trinajstić information content (AvgIpc) is 2.24. The van der Waals surface area contributed by atoms with Crippen LogP contribution < -0.4 is 5.32 Å². The molecule has 2 unspecified atom stereocenters. The van der Waals surface area contributed by atoms with E-state index in [1.165, 1.54) is 25.8 Å². The van der Waals surface area contributed by atoms with Gasteiger partial charge in [0.05, 0.1) is 6.10 Å². The van der Waals surface area contributed by atoms with Gasteiger partial charge in [0.25, 0.3) is 0 Å². The maximum atomic E-state index is 9.25. The highest BCUT2D eigenvalue weighted by molar-refractivity contribution is 4.78. The molecule has 1 aliphatic heterocycles. The number of nitrogens with zero attached hydrogens (tertiary/aromatic N) is 1. The van der Waals surface area contributed by atoms with Gasteiger partial charge >= 0.3 is 0 Å². The molecule has 0 bridgehead atoms. The van der Waals surface area contributed by atoms with Crippen LogP contribution in [-0.4, -0.2) is 48.3 Å². The number of nitrogens with one attached hydrogen (secondary N) is 1. The van der Waals surface area contributed by atoms with Crippen molar-refractivity contribution < 1.29 is 5.11 Å². The van der Waals surface area contributed by atoms with Crippen LogP contribution in [0.15, 0.2) is 0 Å². The van der Waals surface area contributed by atoms with Crippen LogP contribution in [0.1, 0.15) is 39.5 Å². The van der Waals surface area contributed by atoms with Crippen molar-refractivity contribution in [1.82, 2.24) is 10.2 Å². The molecule has 3 heteroatoms. The van der Waals surface area contributed by atoms with E-state index in [-0.39, 0.29) is 6.10 Å². The second kappa shape index (κ2) is 7.20. The zero-order valence-corrected chi connectivity index (χ0v) is 10.2. The maximum Gasteiger partial charge on any atom is 0.0524 e. The summed E-state index contributed by atoms with van der Waals surface area (Å²) in [6.45, 7) is 8.62. The third-order valence-corrected chi connectivity index (χ3v) is 3.05. The molecule has 0 spiro atoms. The van der Waals surface area contributed by atoms with E-state index in [2.05, 4.69) is 17.1 Å². The number of aliphatic hydroxyl groups excluding tert-OH is 1. The molecule has 1 fully saturated rings. The average molecular weight is 214 g/mol.